The average molecular weight is 333 g/mol. The van der Waals surface area contributed by atoms with E-state index in [2.05, 4.69) is 13.0 Å². The predicted molar refractivity (Wildman–Crippen MR) is 94.8 cm³/mol. The van der Waals surface area contributed by atoms with Crippen LogP contribution in [-0.2, 0) is 4.79 Å². The fourth-order valence-electron chi connectivity index (χ4n) is 3.25. The average Bonchev–Trinajstić information content (AvgIpc) is 2.90. The maximum atomic E-state index is 12.6. The first-order valence-electron chi connectivity index (χ1n) is 8.64. The van der Waals surface area contributed by atoms with Gasteiger partial charge in [0, 0.05) is 36.0 Å². The topological polar surface area (TPSA) is 44.1 Å². The Bertz CT molecular complexity index is 579. The van der Waals surface area contributed by atoms with Gasteiger partial charge in [0.15, 0.2) is 0 Å². The van der Waals surface area contributed by atoms with E-state index in [1.807, 2.05) is 23.1 Å². The number of carbonyl (C=O) groups is 1. The molecule has 1 aliphatic heterocycles. The highest BCUT2D eigenvalue weighted by Gasteiger charge is 2.31. The molecule has 0 radical (unpaired) electrons. The molecule has 1 amide bonds. The van der Waals surface area contributed by atoms with Crippen LogP contribution in [0.4, 0.5) is 5.69 Å². The van der Waals surface area contributed by atoms with Gasteiger partial charge < -0.3 is 4.90 Å². The Morgan fingerprint density at radius 2 is 2.13 bits per heavy atom. The summed E-state index contributed by atoms with van der Waals surface area (Å²) >= 11 is 6.11. The van der Waals surface area contributed by atoms with Crippen molar-refractivity contribution in [2.24, 2.45) is 0 Å². The van der Waals surface area contributed by atoms with Gasteiger partial charge in [0.1, 0.15) is 0 Å². The van der Waals surface area contributed by atoms with Crippen LogP contribution in [0.2, 0.25) is 5.02 Å². The third-order valence-electron chi connectivity index (χ3n) is 4.52. The summed E-state index contributed by atoms with van der Waals surface area (Å²) in [7, 11) is 0. The van der Waals surface area contributed by atoms with Crippen LogP contribution < -0.4 is 4.90 Å². The van der Waals surface area contributed by atoms with Gasteiger partial charge in [-0.15, -0.1) is 0 Å². The maximum absolute atomic E-state index is 12.6. The summed E-state index contributed by atoms with van der Waals surface area (Å²) in [5.41, 5.74) is 2.10. The number of hydrogen-bond donors (Lipinski definition) is 0. The highest BCUT2D eigenvalue weighted by atomic mass is 35.5. The van der Waals surface area contributed by atoms with Crippen molar-refractivity contribution in [3.8, 4) is 6.07 Å². The van der Waals surface area contributed by atoms with Crippen LogP contribution in [-0.4, -0.2) is 12.5 Å². The molecule has 1 aliphatic rings. The van der Waals surface area contributed by atoms with E-state index >= 15 is 0 Å². The molecule has 0 N–H and O–H groups in total. The number of nitrogens with zero attached hydrogens (tertiary/aromatic N) is 2. The molecule has 4 heteroatoms. The summed E-state index contributed by atoms with van der Waals surface area (Å²) in [6, 6.07) is 7.94. The number of unbranched alkanes of at least 4 members (excludes halogenated alkanes) is 4. The summed E-state index contributed by atoms with van der Waals surface area (Å²) in [5, 5.41) is 9.53. The highest BCUT2D eigenvalue weighted by molar-refractivity contribution is 6.30. The van der Waals surface area contributed by atoms with Crippen molar-refractivity contribution in [2.45, 2.75) is 64.2 Å². The standard InChI is InChI=1S/C19H25ClN2O/c1-2-3-4-5-6-9-19(23)22-14-15(8-7-12-21)17-13-16(20)10-11-18(17)22/h10-11,13,15H,2-9,14H2,1H3. The number of carbonyl (C=O) groups excluding carboxylic acids is 1. The van der Waals surface area contributed by atoms with Gasteiger partial charge in [-0.2, -0.15) is 5.26 Å². The Hall–Kier alpha value is -1.53. The van der Waals surface area contributed by atoms with Crippen molar-refractivity contribution in [2.75, 3.05) is 11.4 Å². The Morgan fingerprint density at radius 1 is 1.35 bits per heavy atom. The summed E-state index contributed by atoms with van der Waals surface area (Å²) in [5.74, 6) is 0.428. The van der Waals surface area contributed by atoms with Gasteiger partial charge in [0.25, 0.3) is 0 Å². The van der Waals surface area contributed by atoms with Crippen molar-refractivity contribution in [1.29, 1.82) is 5.26 Å². The number of anilines is 1. The van der Waals surface area contributed by atoms with Crippen molar-refractivity contribution < 1.29 is 4.79 Å². The molecule has 1 atom stereocenters. The fraction of sp³-hybridized carbons (Fsp3) is 0.579. The SMILES string of the molecule is CCCCCCCC(=O)N1CC(CCC#N)c2cc(Cl)ccc21. The molecule has 3 nitrogen and oxygen atoms in total. The molecule has 0 saturated carbocycles. The molecule has 1 aromatic carbocycles. The lowest BCUT2D eigenvalue weighted by atomic mass is 9.97. The van der Waals surface area contributed by atoms with Crippen LogP contribution >= 0.6 is 11.6 Å². The zero-order valence-electron chi connectivity index (χ0n) is 13.9. The summed E-state index contributed by atoms with van der Waals surface area (Å²) in [6.45, 7) is 2.88. The van der Waals surface area contributed by atoms with Crippen LogP contribution in [0, 0.1) is 11.3 Å². The highest BCUT2D eigenvalue weighted by Crippen LogP contribution is 2.40. The number of nitriles is 1. The van der Waals surface area contributed by atoms with Gasteiger partial charge in [-0.1, -0.05) is 44.2 Å². The minimum absolute atomic E-state index is 0.199. The predicted octanol–water partition coefficient (Wildman–Crippen LogP) is 5.43. The van der Waals surface area contributed by atoms with E-state index in [4.69, 9.17) is 16.9 Å². The van der Waals surface area contributed by atoms with Crippen molar-refractivity contribution in [1.82, 2.24) is 0 Å². The molecule has 0 aliphatic carbocycles. The molecule has 124 valence electrons. The van der Waals surface area contributed by atoms with Crippen LogP contribution in [0.3, 0.4) is 0 Å². The second kappa shape index (κ2) is 8.93. The van der Waals surface area contributed by atoms with E-state index in [9.17, 15) is 4.79 Å². The third-order valence-corrected chi connectivity index (χ3v) is 4.76. The third kappa shape index (κ3) is 4.72. The van der Waals surface area contributed by atoms with Gasteiger partial charge in [0.05, 0.1) is 6.07 Å². The van der Waals surface area contributed by atoms with Crippen molar-refractivity contribution in [3.63, 3.8) is 0 Å². The first kappa shape index (κ1) is 17.8. The number of rotatable bonds is 8. The number of benzene rings is 1. The summed E-state index contributed by atoms with van der Waals surface area (Å²) < 4.78 is 0. The molecule has 1 heterocycles. The quantitative estimate of drug-likeness (QED) is 0.595. The van der Waals surface area contributed by atoms with Gasteiger partial charge in [-0.3, -0.25) is 4.79 Å². The normalized spacial score (nSPS) is 16.2. The van der Waals surface area contributed by atoms with E-state index < -0.39 is 0 Å². The Balaban J connectivity index is 2.00. The summed E-state index contributed by atoms with van der Waals surface area (Å²) in [4.78, 5) is 14.5. The zero-order chi connectivity index (χ0) is 16.7. The van der Waals surface area contributed by atoms with E-state index in [-0.39, 0.29) is 11.8 Å². The first-order valence-corrected chi connectivity index (χ1v) is 9.02. The lowest BCUT2D eigenvalue weighted by molar-refractivity contribution is -0.118. The molecule has 23 heavy (non-hydrogen) atoms. The van der Waals surface area contributed by atoms with Crippen LogP contribution in [0.1, 0.15) is 69.8 Å². The molecule has 0 aromatic heterocycles. The molecule has 2 rings (SSSR count). The minimum atomic E-state index is 0.199. The number of halogens is 1. The molecule has 1 aromatic rings. The Labute approximate surface area is 144 Å². The number of hydrogen-bond acceptors (Lipinski definition) is 2. The minimum Gasteiger partial charge on any atom is -0.312 e. The first-order chi connectivity index (χ1) is 11.2. The lowest BCUT2D eigenvalue weighted by Crippen LogP contribution is -2.29. The van der Waals surface area contributed by atoms with Gasteiger partial charge in [0.2, 0.25) is 5.91 Å². The largest absolute Gasteiger partial charge is 0.312 e. The van der Waals surface area contributed by atoms with E-state index in [1.54, 1.807) is 0 Å². The molecule has 0 fully saturated rings. The number of fused-ring (bicyclic) bond motifs is 1. The van der Waals surface area contributed by atoms with Gasteiger partial charge >= 0.3 is 0 Å². The molecular formula is C19H25ClN2O. The second-order valence-corrected chi connectivity index (χ2v) is 6.70. The smallest absolute Gasteiger partial charge is 0.227 e. The van der Waals surface area contributed by atoms with Crippen molar-refractivity contribution >= 4 is 23.2 Å². The second-order valence-electron chi connectivity index (χ2n) is 6.27. The Kier molecular flexibility index (Phi) is 6.92. The zero-order valence-corrected chi connectivity index (χ0v) is 14.6. The molecule has 1 unspecified atom stereocenters. The Morgan fingerprint density at radius 3 is 2.87 bits per heavy atom. The van der Waals surface area contributed by atoms with Crippen molar-refractivity contribution in [3.05, 3.63) is 28.8 Å². The van der Waals surface area contributed by atoms with Crippen LogP contribution in [0.15, 0.2) is 18.2 Å². The monoisotopic (exact) mass is 332 g/mol. The van der Waals surface area contributed by atoms with Crippen LogP contribution in [0.25, 0.3) is 0 Å². The molecular weight excluding hydrogens is 308 g/mol. The fourth-order valence-corrected chi connectivity index (χ4v) is 3.43. The van der Waals surface area contributed by atoms with E-state index in [1.165, 1.54) is 19.3 Å². The number of amides is 1. The van der Waals surface area contributed by atoms with Crippen LogP contribution in [0.5, 0.6) is 0 Å². The maximum Gasteiger partial charge on any atom is 0.227 e. The van der Waals surface area contributed by atoms with Gasteiger partial charge in [-0.05, 0) is 36.6 Å². The van der Waals surface area contributed by atoms with E-state index in [0.717, 1.165) is 30.5 Å². The molecule has 0 saturated heterocycles. The molecule has 0 spiro atoms. The lowest BCUT2D eigenvalue weighted by Gasteiger charge is -2.18. The van der Waals surface area contributed by atoms with Gasteiger partial charge in [-0.25, -0.2) is 0 Å². The van der Waals surface area contributed by atoms with E-state index in [0.29, 0.717) is 24.4 Å². The summed E-state index contributed by atoms with van der Waals surface area (Å²) in [6.07, 6.45) is 7.65. The molecule has 0 bridgehead atoms.